The SMILES string of the molecule is FC(F)(F)c1c(Cl)cccc1CCl. The molecule has 0 heterocycles. The third-order valence-corrected chi connectivity index (χ3v) is 2.13. The highest BCUT2D eigenvalue weighted by Gasteiger charge is 2.35. The summed E-state index contributed by atoms with van der Waals surface area (Å²) in [5, 5.41) is -0.314. The van der Waals surface area contributed by atoms with Gasteiger partial charge in [0.2, 0.25) is 0 Å². The molecule has 72 valence electrons. The molecule has 0 fully saturated rings. The predicted molar refractivity (Wildman–Crippen MR) is 46.0 cm³/mol. The van der Waals surface area contributed by atoms with Gasteiger partial charge in [0.15, 0.2) is 0 Å². The van der Waals surface area contributed by atoms with Crippen molar-refractivity contribution in [3.8, 4) is 0 Å². The van der Waals surface area contributed by atoms with E-state index in [0.717, 1.165) is 0 Å². The highest BCUT2D eigenvalue weighted by Crippen LogP contribution is 2.37. The van der Waals surface area contributed by atoms with Crippen molar-refractivity contribution in [1.29, 1.82) is 0 Å². The van der Waals surface area contributed by atoms with E-state index in [-0.39, 0.29) is 16.5 Å². The van der Waals surface area contributed by atoms with Crippen LogP contribution in [0, 0.1) is 0 Å². The topological polar surface area (TPSA) is 0 Å². The monoisotopic (exact) mass is 228 g/mol. The maximum atomic E-state index is 12.4. The number of rotatable bonds is 1. The van der Waals surface area contributed by atoms with E-state index in [1.54, 1.807) is 0 Å². The molecule has 0 atom stereocenters. The molecule has 5 heteroatoms. The van der Waals surface area contributed by atoms with Crippen LogP contribution in [-0.2, 0) is 12.1 Å². The van der Waals surface area contributed by atoms with Crippen molar-refractivity contribution in [3.63, 3.8) is 0 Å². The number of halogens is 5. The fourth-order valence-corrected chi connectivity index (χ4v) is 1.52. The summed E-state index contributed by atoms with van der Waals surface area (Å²) < 4.78 is 37.1. The van der Waals surface area contributed by atoms with Gasteiger partial charge in [-0.1, -0.05) is 23.7 Å². The summed E-state index contributed by atoms with van der Waals surface area (Å²) in [4.78, 5) is 0. The van der Waals surface area contributed by atoms with Crippen molar-refractivity contribution >= 4 is 23.2 Å². The molecule has 0 spiro atoms. The first-order valence-corrected chi connectivity index (χ1v) is 4.28. The molecule has 0 saturated heterocycles. The molecule has 13 heavy (non-hydrogen) atoms. The van der Waals surface area contributed by atoms with E-state index in [2.05, 4.69) is 0 Å². The number of alkyl halides is 4. The molecule has 0 saturated carbocycles. The van der Waals surface area contributed by atoms with Crippen LogP contribution >= 0.6 is 23.2 Å². The summed E-state index contributed by atoms with van der Waals surface area (Å²) in [7, 11) is 0. The van der Waals surface area contributed by atoms with Crippen LogP contribution in [0.5, 0.6) is 0 Å². The van der Waals surface area contributed by atoms with Gasteiger partial charge in [0.1, 0.15) is 0 Å². The van der Waals surface area contributed by atoms with Gasteiger partial charge in [-0.15, -0.1) is 11.6 Å². The molecule has 1 rings (SSSR count). The third-order valence-electron chi connectivity index (χ3n) is 1.53. The molecule has 0 radical (unpaired) electrons. The number of benzene rings is 1. The van der Waals surface area contributed by atoms with Gasteiger partial charge in [-0.2, -0.15) is 13.2 Å². The molecule has 0 unspecified atom stereocenters. The lowest BCUT2D eigenvalue weighted by molar-refractivity contribution is -0.138. The Labute approximate surface area is 83.3 Å². The Kier molecular flexibility index (Phi) is 3.09. The largest absolute Gasteiger partial charge is 0.418 e. The highest BCUT2D eigenvalue weighted by atomic mass is 35.5. The molecule has 0 aliphatic heterocycles. The van der Waals surface area contributed by atoms with Crippen LogP contribution in [0.3, 0.4) is 0 Å². The van der Waals surface area contributed by atoms with Crippen molar-refractivity contribution in [1.82, 2.24) is 0 Å². The number of hydrogen-bond donors (Lipinski definition) is 0. The van der Waals surface area contributed by atoms with Gasteiger partial charge in [-0.25, -0.2) is 0 Å². The average molecular weight is 229 g/mol. The van der Waals surface area contributed by atoms with Gasteiger partial charge >= 0.3 is 6.18 Å². The molecule has 1 aromatic carbocycles. The molecule has 0 N–H and O–H groups in total. The Morgan fingerprint density at radius 1 is 1.23 bits per heavy atom. The van der Waals surface area contributed by atoms with Crippen molar-refractivity contribution < 1.29 is 13.2 Å². The molecule has 0 nitrogen and oxygen atoms in total. The first kappa shape index (κ1) is 10.7. The van der Waals surface area contributed by atoms with E-state index >= 15 is 0 Å². The standard InChI is InChI=1S/C8H5Cl2F3/c9-4-5-2-1-3-6(10)7(5)8(11,12)13/h1-3H,4H2. The van der Waals surface area contributed by atoms with Crippen LogP contribution in [-0.4, -0.2) is 0 Å². The van der Waals surface area contributed by atoms with E-state index in [9.17, 15) is 13.2 Å². The lowest BCUT2D eigenvalue weighted by atomic mass is 10.1. The van der Waals surface area contributed by atoms with E-state index in [1.807, 2.05) is 0 Å². The second-order valence-corrected chi connectivity index (χ2v) is 3.08. The van der Waals surface area contributed by atoms with Crippen LogP contribution in [0.1, 0.15) is 11.1 Å². The normalized spacial score (nSPS) is 11.8. The zero-order valence-corrected chi connectivity index (χ0v) is 7.84. The summed E-state index contributed by atoms with van der Waals surface area (Å²) in [6.07, 6.45) is -4.44. The molecule has 0 aromatic heterocycles. The van der Waals surface area contributed by atoms with E-state index in [1.165, 1.54) is 18.2 Å². The first-order chi connectivity index (χ1) is 5.96. The second kappa shape index (κ2) is 3.76. The van der Waals surface area contributed by atoms with Gasteiger partial charge in [-0.3, -0.25) is 0 Å². The Morgan fingerprint density at radius 3 is 2.23 bits per heavy atom. The van der Waals surface area contributed by atoms with Crippen molar-refractivity contribution in [2.75, 3.05) is 0 Å². The summed E-state index contributed by atoms with van der Waals surface area (Å²) in [5.74, 6) is -0.199. The second-order valence-electron chi connectivity index (χ2n) is 2.41. The quantitative estimate of drug-likeness (QED) is 0.636. The molecule has 0 amide bonds. The molecular formula is C8H5Cl2F3. The maximum absolute atomic E-state index is 12.4. The van der Waals surface area contributed by atoms with Crippen LogP contribution in [0.4, 0.5) is 13.2 Å². The van der Waals surface area contributed by atoms with E-state index < -0.39 is 11.7 Å². The summed E-state index contributed by atoms with van der Waals surface area (Å²) in [6.45, 7) is 0. The fourth-order valence-electron chi connectivity index (χ4n) is 0.998. The summed E-state index contributed by atoms with van der Waals surface area (Å²) in [5.41, 5.74) is -0.840. The Bertz CT molecular complexity index is 307. The van der Waals surface area contributed by atoms with Crippen LogP contribution in [0.25, 0.3) is 0 Å². The minimum atomic E-state index is -4.44. The molecule has 0 aliphatic carbocycles. The van der Waals surface area contributed by atoms with E-state index in [4.69, 9.17) is 23.2 Å². The van der Waals surface area contributed by atoms with Gasteiger partial charge < -0.3 is 0 Å². The Morgan fingerprint density at radius 2 is 1.85 bits per heavy atom. The average Bonchev–Trinajstić information content (AvgIpc) is 2.01. The molecule has 0 bridgehead atoms. The smallest absolute Gasteiger partial charge is 0.166 e. The van der Waals surface area contributed by atoms with Gasteiger partial charge in [0, 0.05) is 5.88 Å². The van der Waals surface area contributed by atoms with Crippen molar-refractivity contribution in [3.05, 3.63) is 34.3 Å². The van der Waals surface area contributed by atoms with Crippen LogP contribution < -0.4 is 0 Å². The highest BCUT2D eigenvalue weighted by molar-refractivity contribution is 6.31. The van der Waals surface area contributed by atoms with Crippen molar-refractivity contribution in [2.24, 2.45) is 0 Å². The first-order valence-electron chi connectivity index (χ1n) is 3.37. The van der Waals surface area contributed by atoms with Gasteiger partial charge in [0.05, 0.1) is 10.6 Å². The number of hydrogen-bond acceptors (Lipinski definition) is 0. The summed E-state index contributed by atoms with van der Waals surface area (Å²) >= 11 is 10.8. The molecular weight excluding hydrogens is 224 g/mol. The molecule has 1 aromatic rings. The summed E-state index contributed by atoms with van der Waals surface area (Å²) in [6, 6.07) is 3.94. The zero-order valence-electron chi connectivity index (χ0n) is 6.33. The van der Waals surface area contributed by atoms with E-state index in [0.29, 0.717) is 0 Å². The Balaban J connectivity index is 3.32. The van der Waals surface area contributed by atoms with Gasteiger partial charge in [0.25, 0.3) is 0 Å². The lowest BCUT2D eigenvalue weighted by Crippen LogP contribution is -2.09. The zero-order chi connectivity index (χ0) is 10.1. The van der Waals surface area contributed by atoms with Crippen LogP contribution in [0.15, 0.2) is 18.2 Å². The minimum absolute atomic E-state index is 0.00154. The predicted octanol–water partition coefficient (Wildman–Crippen LogP) is 4.10. The van der Waals surface area contributed by atoms with Crippen LogP contribution in [0.2, 0.25) is 5.02 Å². The molecule has 0 aliphatic rings. The van der Waals surface area contributed by atoms with Crippen molar-refractivity contribution in [2.45, 2.75) is 12.1 Å². The third kappa shape index (κ3) is 2.29. The maximum Gasteiger partial charge on any atom is 0.418 e. The minimum Gasteiger partial charge on any atom is -0.166 e. The van der Waals surface area contributed by atoms with Gasteiger partial charge in [-0.05, 0) is 11.6 Å². The lowest BCUT2D eigenvalue weighted by Gasteiger charge is -2.12. The fraction of sp³-hybridized carbons (Fsp3) is 0.250. The Hall–Kier alpha value is -0.410.